The Morgan fingerprint density at radius 2 is 2.00 bits per heavy atom. The number of anilines is 1. The summed E-state index contributed by atoms with van der Waals surface area (Å²) in [4.78, 5) is 23.4. The van der Waals surface area contributed by atoms with Crippen LogP contribution in [-0.2, 0) is 11.2 Å². The molecule has 1 saturated carbocycles. The zero-order chi connectivity index (χ0) is 13.9. The van der Waals surface area contributed by atoms with E-state index in [4.69, 9.17) is 0 Å². The third-order valence-corrected chi connectivity index (χ3v) is 3.74. The van der Waals surface area contributed by atoms with E-state index in [0.29, 0.717) is 18.7 Å². The Morgan fingerprint density at radius 1 is 1.20 bits per heavy atom. The summed E-state index contributed by atoms with van der Waals surface area (Å²) in [6.07, 6.45) is 2.97. The van der Waals surface area contributed by atoms with E-state index in [1.807, 2.05) is 18.2 Å². The Morgan fingerprint density at radius 3 is 2.80 bits per heavy atom. The first-order valence-electron chi connectivity index (χ1n) is 7.17. The van der Waals surface area contributed by atoms with Crippen LogP contribution in [0, 0.1) is 5.92 Å². The van der Waals surface area contributed by atoms with E-state index in [-0.39, 0.29) is 17.7 Å². The van der Waals surface area contributed by atoms with Gasteiger partial charge in [-0.2, -0.15) is 0 Å². The Hall–Kier alpha value is -2.04. The van der Waals surface area contributed by atoms with Crippen LogP contribution in [0.25, 0.3) is 0 Å². The standard InChI is InChI=1S/C15H19N3O2/c19-14(10-1-2-10)17-7-8-18-15(20)12-3-4-13-11(9-12)5-6-16-13/h3-4,9-10,16H,1-2,5-8H2,(H,17,19)(H,18,20). The van der Waals surface area contributed by atoms with Gasteiger partial charge in [-0.1, -0.05) is 0 Å². The van der Waals surface area contributed by atoms with Crippen LogP contribution >= 0.6 is 0 Å². The fraction of sp³-hybridized carbons (Fsp3) is 0.467. The molecule has 0 spiro atoms. The highest BCUT2D eigenvalue weighted by Gasteiger charge is 2.28. The summed E-state index contributed by atoms with van der Waals surface area (Å²) in [5, 5.41) is 8.93. The van der Waals surface area contributed by atoms with Gasteiger partial charge in [0.1, 0.15) is 0 Å². The van der Waals surface area contributed by atoms with E-state index in [0.717, 1.165) is 31.5 Å². The summed E-state index contributed by atoms with van der Waals surface area (Å²) in [7, 11) is 0. The quantitative estimate of drug-likeness (QED) is 0.698. The van der Waals surface area contributed by atoms with Crippen molar-refractivity contribution in [3.8, 4) is 0 Å². The summed E-state index contributed by atoms with van der Waals surface area (Å²) in [5.41, 5.74) is 3.00. The molecule has 20 heavy (non-hydrogen) atoms. The topological polar surface area (TPSA) is 70.2 Å². The predicted molar refractivity (Wildman–Crippen MR) is 76.7 cm³/mol. The van der Waals surface area contributed by atoms with Crippen molar-refractivity contribution in [2.45, 2.75) is 19.3 Å². The minimum atomic E-state index is -0.0830. The molecule has 1 aromatic carbocycles. The van der Waals surface area contributed by atoms with Gasteiger partial charge in [-0.05, 0) is 43.0 Å². The lowest BCUT2D eigenvalue weighted by Crippen LogP contribution is -2.35. The number of hydrogen-bond donors (Lipinski definition) is 3. The van der Waals surface area contributed by atoms with Crippen molar-refractivity contribution in [2.75, 3.05) is 25.0 Å². The van der Waals surface area contributed by atoms with Crippen LogP contribution in [0.1, 0.15) is 28.8 Å². The van der Waals surface area contributed by atoms with Gasteiger partial charge in [0, 0.05) is 36.8 Å². The van der Waals surface area contributed by atoms with Gasteiger partial charge in [0.2, 0.25) is 5.91 Å². The number of carbonyl (C=O) groups is 2. The van der Waals surface area contributed by atoms with E-state index in [1.54, 1.807) is 0 Å². The fourth-order valence-corrected chi connectivity index (χ4v) is 2.40. The smallest absolute Gasteiger partial charge is 0.251 e. The number of fused-ring (bicyclic) bond motifs is 1. The molecule has 5 nitrogen and oxygen atoms in total. The van der Waals surface area contributed by atoms with Crippen LogP contribution in [-0.4, -0.2) is 31.4 Å². The van der Waals surface area contributed by atoms with Crippen LogP contribution in [0.3, 0.4) is 0 Å². The Kier molecular flexibility index (Phi) is 3.58. The number of nitrogens with one attached hydrogen (secondary N) is 3. The minimum Gasteiger partial charge on any atom is -0.384 e. The molecule has 2 aliphatic rings. The van der Waals surface area contributed by atoms with Gasteiger partial charge in [-0.25, -0.2) is 0 Å². The van der Waals surface area contributed by atoms with Gasteiger partial charge >= 0.3 is 0 Å². The minimum absolute atomic E-state index is 0.0830. The molecule has 2 amide bonds. The van der Waals surface area contributed by atoms with Gasteiger partial charge in [0.25, 0.3) is 5.91 Å². The van der Waals surface area contributed by atoms with Crippen molar-refractivity contribution in [1.29, 1.82) is 0 Å². The average molecular weight is 273 g/mol. The van der Waals surface area contributed by atoms with Gasteiger partial charge in [-0.15, -0.1) is 0 Å². The van der Waals surface area contributed by atoms with E-state index in [1.165, 1.54) is 5.56 Å². The van der Waals surface area contributed by atoms with Crippen molar-refractivity contribution in [1.82, 2.24) is 10.6 Å². The van der Waals surface area contributed by atoms with E-state index >= 15 is 0 Å². The monoisotopic (exact) mass is 273 g/mol. The lowest BCUT2D eigenvalue weighted by Gasteiger charge is -2.08. The third-order valence-electron chi connectivity index (χ3n) is 3.74. The summed E-state index contributed by atoms with van der Waals surface area (Å²) >= 11 is 0. The van der Waals surface area contributed by atoms with Crippen molar-refractivity contribution in [2.24, 2.45) is 5.92 Å². The second kappa shape index (κ2) is 5.53. The second-order valence-corrected chi connectivity index (χ2v) is 5.37. The van der Waals surface area contributed by atoms with Gasteiger partial charge < -0.3 is 16.0 Å². The summed E-state index contributed by atoms with van der Waals surface area (Å²) in [6, 6.07) is 5.72. The number of amides is 2. The molecule has 3 N–H and O–H groups in total. The highest BCUT2D eigenvalue weighted by molar-refractivity contribution is 5.95. The highest BCUT2D eigenvalue weighted by Crippen LogP contribution is 2.28. The summed E-state index contributed by atoms with van der Waals surface area (Å²) in [6.45, 7) is 1.90. The SMILES string of the molecule is O=C(NCCNC(=O)C1CC1)c1ccc2c(c1)CCN2. The highest BCUT2D eigenvalue weighted by atomic mass is 16.2. The molecule has 0 saturated heterocycles. The maximum Gasteiger partial charge on any atom is 0.251 e. The molecule has 3 rings (SSSR count). The maximum atomic E-state index is 12.0. The number of hydrogen-bond acceptors (Lipinski definition) is 3. The zero-order valence-corrected chi connectivity index (χ0v) is 11.4. The van der Waals surface area contributed by atoms with Gasteiger partial charge in [0.05, 0.1) is 0 Å². The molecule has 1 aromatic rings. The first kappa shape index (κ1) is 13.0. The molecule has 0 unspecified atom stereocenters. The average Bonchev–Trinajstić information content (AvgIpc) is 3.20. The molecule has 1 aliphatic carbocycles. The molecule has 0 radical (unpaired) electrons. The Labute approximate surface area is 118 Å². The first-order valence-corrected chi connectivity index (χ1v) is 7.17. The maximum absolute atomic E-state index is 12.0. The van der Waals surface area contributed by atoms with Crippen molar-refractivity contribution in [3.05, 3.63) is 29.3 Å². The number of benzene rings is 1. The second-order valence-electron chi connectivity index (χ2n) is 5.37. The fourth-order valence-electron chi connectivity index (χ4n) is 2.40. The zero-order valence-electron chi connectivity index (χ0n) is 11.4. The van der Waals surface area contributed by atoms with Crippen LogP contribution < -0.4 is 16.0 Å². The van der Waals surface area contributed by atoms with E-state index in [2.05, 4.69) is 16.0 Å². The molecule has 1 heterocycles. The van der Waals surface area contributed by atoms with Crippen LogP contribution in [0.2, 0.25) is 0 Å². The Balaban J connectivity index is 1.45. The molecule has 5 heteroatoms. The largest absolute Gasteiger partial charge is 0.384 e. The van der Waals surface area contributed by atoms with E-state index in [9.17, 15) is 9.59 Å². The van der Waals surface area contributed by atoms with Crippen molar-refractivity contribution >= 4 is 17.5 Å². The lowest BCUT2D eigenvalue weighted by molar-refractivity contribution is -0.122. The van der Waals surface area contributed by atoms with Crippen LogP contribution in [0.5, 0.6) is 0 Å². The van der Waals surface area contributed by atoms with E-state index < -0.39 is 0 Å². The van der Waals surface area contributed by atoms with Crippen LogP contribution in [0.15, 0.2) is 18.2 Å². The first-order chi connectivity index (χ1) is 9.74. The normalized spacial score (nSPS) is 16.2. The molecule has 106 valence electrons. The molecule has 0 atom stereocenters. The Bertz CT molecular complexity index is 538. The van der Waals surface area contributed by atoms with Crippen molar-refractivity contribution < 1.29 is 9.59 Å². The van der Waals surface area contributed by atoms with Crippen LogP contribution in [0.4, 0.5) is 5.69 Å². The molecule has 0 aromatic heterocycles. The predicted octanol–water partition coefficient (Wildman–Crippen LogP) is 0.911. The van der Waals surface area contributed by atoms with Gasteiger partial charge in [-0.3, -0.25) is 9.59 Å². The third kappa shape index (κ3) is 2.92. The molecule has 1 fully saturated rings. The van der Waals surface area contributed by atoms with Gasteiger partial charge in [0.15, 0.2) is 0 Å². The molecule has 0 bridgehead atoms. The molecular formula is C15H19N3O2. The molecule has 1 aliphatic heterocycles. The lowest BCUT2D eigenvalue weighted by atomic mass is 10.1. The summed E-state index contributed by atoms with van der Waals surface area (Å²) < 4.78 is 0. The number of rotatable bonds is 5. The summed E-state index contributed by atoms with van der Waals surface area (Å²) in [5.74, 6) is 0.248. The molecular weight excluding hydrogens is 254 g/mol. The van der Waals surface area contributed by atoms with Crippen molar-refractivity contribution in [3.63, 3.8) is 0 Å². The number of carbonyl (C=O) groups excluding carboxylic acids is 2.